The SMILES string of the molecule is CCCCCCOc1cnc(C)c(O)c1CN. The van der Waals surface area contributed by atoms with Crippen LogP contribution in [0.5, 0.6) is 11.5 Å². The third-order valence-electron chi connectivity index (χ3n) is 2.76. The van der Waals surface area contributed by atoms with Gasteiger partial charge in [-0.2, -0.15) is 0 Å². The first-order valence-corrected chi connectivity index (χ1v) is 6.21. The predicted molar refractivity (Wildman–Crippen MR) is 68.2 cm³/mol. The van der Waals surface area contributed by atoms with E-state index in [9.17, 15) is 5.11 Å². The van der Waals surface area contributed by atoms with E-state index in [0.29, 0.717) is 23.6 Å². The maximum atomic E-state index is 9.80. The van der Waals surface area contributed by atoms with Gasteiger partial charge in [0.15, 0.2) is 0 Å². The number of rotatable bonds is 7. The third-order valence-corrected chi connectivity index (χ3v) is 2.76. The van der Waals surface area contributed by atoms with Crippen molar-refractivity contribution in [1.29, 1.82) is 0 Å². The Bertz CT molecular complexity index is 354. The van der Waals surface area contributed by atoms with E-state index in [4.69, 9.17) is 10.5 Å². The molecule has 1 aromatic rings. The highest BCUT2D eigenvalue weighted by atomic mass is 16.5. The van der Waals surface area contributed by atoms with E-state index in [0.717, 1.165) is 6.42 Å². The van der Waals surface area contributed by atoms with Gasteiger partial charge < -0.3 is 15.6 Å². The normalized spacial score (nSPS) is 10.5. The Hall–Kier alpha value is -1.29. The molecule has 0 fully saturated rings. The van der Waals surface area contributed by atoms with Crippen LogP contribution in [0.3, 0.4) is 0 Å². The van der Waals surface area contributed by atoms with Gasteiger partial charge in [0.2, 0.25) is 0 Å². The van der Waals surface area contributed by atoms with Gasteiger partial charge >= 0.3 is 0 Å². The zero-order valence-electron chi connectivity index (χ0n) is 10.7. The van der Waals surface area contributed by atoms with Crippen molar-refractivity contribution in [1.82, 2.24) is 4.98 Å². The molecule has 0 saturated heterocycles. The summed E-state index contributed by atoms with van der Waals surface area (Å²) in [5.74, 6) is 0.755. The highest BCUT2D eigenvalue weighted by molar-refractivity contribution is 5.44. The van der Waals surface area contributed by atoms with E-state index in [-0.39, 0.29) is 12.3 Å². The molecule has 0 spiro atoms. The van der Waals surface area contributed by atoms with Crippen molar-refractivity contribution in [2.24, 2.45) is 5.73 Å². The smallest absolute Gasteiger partial charge is 0.145 e. The van der Waals surface area contributed by atoms with Crippen molar-refractivity contribution in [2.45, 2.75) is 46.1 Å². The van der Waals surface area contributed by atoms with Crippen LogP contribution in [-0.4, -0.2) is 16.7 Å². The van der Waals surface area contributed by atoms with E-state index in [1.807, 2.05) is 0 Å². The lowest BCUT2D eigenvalue weighted by Gasteiger charge is -2.12. The molecule has 0 aliphatic heterocycles. The molecule has 17 heavy (non-hydrogen) atoms. The zero-order chi connectivity index (χ0) is 12.7. The van der Waals surface area contributed by atoms with E-state index >= 15 is 0 Å². The van der Waals surface area contributed by atoms with Crippen molar-refractivity contribution in [3.8, 4) is 11.5 Å². The minimum atomic E-state index is 0.151. The lowest BCUT2D eigenvalue weighted by atomic mass is 10.2. The monoisotopic (exact) mass is 238 g/mol. The summed E-state index contributed by atoms with van der Waals surface area (Å²) in [5.41, 5.74) is 6.84. The molecule has 0 bridgehead atoms. The lowest BCUT2D eigenvalue weighted by Crippen LogP contribution is -2.06. The molecule has 4 heteroatoms. The van der Waals surface area contributed by atoms with Gasteiger partial charge in [-0.1, -0.05) is 26.2 Å². The van der Waals surface area contributed by atoms with Crippen LogP contribution in [0.15, 0.2) is 6.20 Å². The zero-order valence-corrected chi connectivity index (χ0v) is 10.7. The highest BCUT2D eigenvalue weighted by Gasteiger charge is 2.11. The van der Waals surface area contributed by atoms with Gasteiger partial charge in [0.25, 0.3) is 0 Å². The molecule has 0 atom stereocenters. The van der Waals surface area contributed by atoms with Crippen molar-refractivity contribution < 1.29 is 9.84 Å². The summed E-state index contributed by atoms with van der Waals surface area (Å²) in [7, 11) is 0. The molecule has 0 amide bonds. The van der Waals surface area contributed by atoms with Gasteiger partial charge in [0.1, 0.15) is 11.5 Å². The van der Waals surface area contributed by atoms with Crippen molar-refractivity contribution in [2.75, 3.05) is 6.61 Å². The fourth-order valence-corrected chi connectivity index (χ4v) is 1.66. The van der Waals surface area contributed by atoms with Crippen LogP contribution >= 0.6 is 0 Å². The van der Waals surface area contributed by atoms with E-state index < -0.39 is 0 Å². The van der Waals surface area contributed by atoms with Crippen LogP contribution in [0, 0.1) is 6.92 Å². The molecule has 1 rings (SSSR count). The minimum absolute atomic E-state index is 0.151. The Balaban J connectivity index is 2.56. The molecule has 0 saturated carbocycles. The lowest BCUT2D eigenvalue weighted by molar-refractivity contribution is 0.298. The summed E-state index contributed by atoms with van der Waals surface area (Å²) in [4.78, 5) is 4.07. The molecule has 1 heterocycles. The summed E-state index contributed by atoms with van der Waals surface area (Å²) in [5, 5.41) is 9.80. The Labute approximate surface area is 103 Å². The van der Waals surface area contributed by atoms with E-state index in [1.165, 1.54) is 19.3 Å². The van der Waals surface area contributed by atoms with Gasteiger partial charge in [-0.3, -0.25) is 4.98 Å². The minimum Gasteiger partial charge on any atom is -0.506 e. The van der Waals surface area contributed by atoms with E-state index in [2.05, 4.69) is 11.9 Å². The maximum absolute atomic E-state index is 9.80. The number of ether oxygens (including phenoxy) is 1. The van der Waals surface area contributed by atoms with Gasteiger partial charge in [-0.25, -0.2) is 0 Å². The molecule has 4 nitrogen and oxygen atoms in total. The second-order valence-corrected chi connectivity index (χ2v) is 4.15. The molecule has 0 unspecified atom stereocenters. The maximum Gasteiger partial charge on any atom is 0.145 e. The van der Waals surface area contributed by atoms with Crippen LogP contribution in [-0.2, 0) is 6.54 Å². The molecule has 0 aliphatic rings. The van der Waals surface area contributed by atoms with Crippen molar-refractivity contribution in [3.63, 3.8) is 0 Å². The number of nitrogens with zero attached hydrogens (tertiary/aromatic N) is 1. The highest BCUT2D eigenvalue weighted by Crippen LogP contribution is 2.28. The molecule has 0 radical (unpaired) electrons. The Morgan fingerprint density at radius 3 is 2.76 bits per heavy atom. The van der Waals surface area contributed by atoms with Gasteiger partial charge in [-0.15, -0.1) is 0 Å². The second-order valence-electron chi connectivity index (χ2n) is 4.15. The fraction of sp³-hybridized carbons (Fsp3) is 0.615. The molecule has 96 valence electrons. The second kappa shape index (κ2) is 7.12. The summed E-state index contributed by atoms with van der Waals surface area (Å²) in [6.45, 7) is 4.84. The first-order chi connectivity index (χ1) is 8.20. The number of hydrogen-bond donors (Lipinski definition) is 2. The topological polar surface area (TPSA) is 68.4 Å². The first kappa shape index (κ1) is 13.8. The summed E-state index contributed by atoms with van der Waals surface area (Å²) in [6, 6.07) is 0. The quantitative estimate of drug-likeness (QED) is 0.716. The van der Waals surface area contributed by atoms with Gasteiger partial charge in [-0.05, 0) is 13.3 Å². The molecular weight excluding hydrogens is 216 g/mol. The van der Waals surface area contributed by atoms with Crippen LogP contribution in [0.2, 0.25) is 0 Å². The summed E-state index contributed by atoms with van der Waals surface area (Å²) in [6.07, 6.45) is 6.26. The number of aromatic hydroxyl groups is 1. The molecule has 0 aromatic carbocycles. The number of aryl methyl sites for hydroxylation is 1. The predicted octanol–water partition coefficient (Wildman–Crippen LogP) is 2.51. The Kier molecular flexibility index (Phi) is 5.77. The number of unbranched alkanes of at least 4 members (excludes halogenated alkanes) is 3. The Morgan fingerprint density at radius 2 is 2.12 bits per heavy atom. The van der Waals surface area contributed by atoms with Crippen molar-refractivity contribution in [3.05, 3.63) is 17.5 Å². The van der Waals surface area contributed by atoms with Crippen molar-refractivity contribution >= 4 is 0 Å². The van der Waals surface area contributed by atoms with Crippen LogP contribution in [0.25, 0.3) is 0 Å². The van der Waals surface area contributed by atoms with Crippen LogP contribution in [0.4, 0.5) is 0 Å². The average molecular weight is 238 g/mol. The van der Waals surface area contributed by atoms with Crippen LogP contribution in [0.1, 0.15) is 43.9 Å². The largest absolute Gasteiger partial charge is 0.506 e. The summed E-state index contributed by atoms with van der Waals surface area (Å²) >= 11 is 0. The van der Waals surface area contributed by atoms with Crippen LogP contribution < -0.4 is 10.5 Å². The molecule has 0 aliphatic carbocycles. The first-order valence-electron chi connectivity index (χ1n) is 6.21. The molecular formula is C13H22N2O2. The van der Waals surface area contributed by atoms with Gasteiger partial charge in [0, 0.05) is 6.54 Å². The fourth-order valence-electron chi connectivity index (χ4n) is 1.66. The summed E-state index contributed by atoms with van der Waals surface area (Å²) < 4.78 is 5.61. The number of hydrogen-bond acceptors (Lipinski definition) is 4. The average Bonchev–Trinajstić information content (AvgIpc) is 2.33. The molecule has 3 N–H and O–H groups in total. The Morgan fingerprint density at radius 1 is 1.35 bits per heavy atom. The third kappa shape index (κ3) is 3.89. The standard InChI is InChI=1S/C13H22N2O2/c1-3-4-5-6-7-17-12-9-15-10(2)13(16)11(12)8-14/h9,16H,3-8,14H2,1-2H3. The van der Waals surface area contributed by atoms with Gasteiger partial charge in [0.05, 0.1) is 24.1 Å². The number of aromatic nitrogens is 1. The molecule has 1 aromatic heterocycles. The van der Waals surface area contributed by atoms with E-state index in [1.54, 1.807) is 13.1 Å². The number of pyridine rings is 1. The number of nitrogens with two attached hydrogens (primary N) is 1.